The van der Waals surface area contributed by atoms with E-state index in [1.165, 1.54) is 31.4 Å². The maximum atomic E-state index is 12.3. The highest BCUT2D eigenvalue weighted by Gasteiger charge is 2.37. The minimum atomic E-state index is -1.40. The third-order valence-corrected chi connectivity index (χ3v) is 3.59. The normalized spacial score (nSPS) is 20.2. The maximum Gasteiger partial charge on any atom is 0.199 e. The molecule has 6 nitrogen and oxygen atoms in total. The molecule has 0 spiro atoms. The highest BCUT2D eigenvalue weighted by molar-refractivity contribution is 6.03. The number of phenolic OH excluding ortho intramolecular Hbond substituents is 2. The van der Waals surface area contributed by atoms with Gasteiger partial charge in [0.05, 0.1) is 12.7 Å². The number of fused-ring (bicyclic) bond motifs is 1. The Bertz CT molecular complexity index is 739. The Hall–Kier alpha value is -2.73. The summed E-state index contributed by atoms with van der Waals surface area (Å²) in [5, 5.41) is 29.1. The lowest BCUT2D eigenvalue weighted by Crippen LogP contribution is -2.36. The van der Waals surface area contributed by atoms with E-state index in [0.717, 1.165) is 0 Å². The molecule has 22 heavy (non-hydrogen) atoms. The second-order valence-corrected chi connectivity index (χ2v) is 4.96. The van der Waals surface area contributed by atoms with Crippen molar-refractivity contribution in [2.45, 2.75) is 12.2 Å². The van der Waals surface area contributed by atoms with Gasteiger partial charge in [-0.25, -0.2) is 0 Å². The number of benzene rings is 2. The van der Waals surface area contributed by atoms with Crippen molar-refractivity contribution in [1.29, 1.82) is 0 Å². The molecule has 0 unspecified atom stereocenters. The molecule has 0 saturated heterocycles. The number of hydrogen-bond donors (Lipinski definition) is 3. The van der Waals surface area contributed by atoms with Crippen LogP contribution in [-0.4, -0.2) is 34.3 Å². The maximum absolute atomic E-state index is 12.3. The average molecular weight is 302 g/mol. The Morgan fingerprint density at radius 3 is 2.55 bits per heavy atom. The van der Waals surface area contributed by atoms with E-state index in [4.69, 9.17) is 9.47 Å². The van der Waals surface area contributed by atoms with E-state index in [2.05, 4.69) is 0 Å². The summed E-state index contributed by atoms with van der Waals surface area (Å²) < 4.78 is 10.8. The summed E-state index contributed by atoms with van der Waals surface area (Å²) in [5.74, 6) is -0.288. The molecule has 1 heterocycles. The van der Waals surface area contributed by atoms with Gasteiger partial charge >= 0.3 is 0 Å². The summed E-state index contributed by atoms with van der Waals surface area (Å²) >= 11 is 0. The number of carbonyl (C=O) groups is 1. The number of rotatable bonds is 2. The van der Waals surface area contributed by atoms with Crippen molar-refractivity contribution in [3.05, 3.63) is 47.5 Å². The predicted molar refractivity (Wildman–Crippen MR) is 76.5 cm³/mol. The van der Waals surface area contributed by atoms with Gasteiger partial charge in [0, 0.05) is 6.07 Å². The second-order valence-electron chi connectivity index (χ2n) is 4.96. The zero-order chi connectivity index (χ0) is 15.9. The lowest BCUT2D eigenvalue weighted by molar-refractivity contribution is 0.0215. The lowest BCUT2D eigenvalue weighted by atomic mass is 9.93. The van der Waals surface area contributed by atoms with Crippen molar-refractivity contribution in [3.8, 4) is 23.0 Å². The van der Waals surface area contributed by atoms with Crippen LogP contribution in [0.2, 0.25) is 0 Å². The molecule has 1 aliphatic rings. The standard InChI is InChI=1S/C16H14O6/c1-21-9-3-4-10-13(7-9)22-16(15(20)14(10)19)8-2-5-11(17)12(18)6-8/h2-7,15-18,20H,1H3/t15-,16+/m0/s1. The fourth-order valence-electron chi connectivity index (χ4n) is 2.40. The van der Waals surface area contributed by atoms with Crippen molar-refractivity contribution < 1.29 is 29.6 Å². The summed E-state index contributed by atoms with van der Waals surface area (Å²) in [6.07, 6.45) is -2.37. The molecule has 0 aliphatic carbocycles. The molecule has 3 rings (SSSR count). The molecule has 2 aromatic carbocycles. The van der Waals surface area contributed by atoms with Crippen LogP contribution in [0.5, 0.6) is 23.0 Å². The van der Waals surface area contributed by atoms with Gasteiger partial charge in [-0.1, -0.05) is 6.07 Å². The first-order valence-corrected chi connectivity index (χ1v) is 6.60. The first kappa shape index (κ1) is 14.2. The van der Waals surface area contributed by atoms with Gasteiger partial charge in [-0.05, 0) is 29.8 Å². The molecule has 0 fully saturated rings. The van der Waals surface area contributed by atoms with Crippen LogP contribution >= 0.6 is 0 Å². The number of hydrogen-bond acceptors (Lipinski definition) is 6. The Morgan fingerprint density at radius 2 is 1.86 bits per heavy atom. The van der Waals surface area contributed by atoms with Crippen LogP contribution in [0.4, 0.5) is 0 Å². The molecular formula is C16H14O6. The molecule has 0 aromatic heterocycles. The van der Waals surface area contributed by atoms with Gasteiger partial charge in [0.1, 0.15) is 11.5 Å². The van der Waals surface area contributed by atoms with Gasteiger partial charge < -0.3 is 24.8 Å². The molecule has 0 saturated carbocycles. The van der Waals surface area contributed by atoms with E-state index in [1.807, 2.05) is 0 Å². The first-order chi connectivity index (χ1) is 10.5. The number of ether oxygens (including phenoxy) is 2. The number of aliphatic hydroxyl groups is 1. The summed E-state index contributed by atoms with van der Waals surface area (Å²) in [6, 6.07) is 8.70. The molecule has 0 bridgehead atoms. The van der Waals surface area contributed by atoms with E-state index < -0.39 is 18.0 Å². The van der Waals surface area contributed by atoms with Crippen molar-refractivity contribution in [2.24, 2.45) is 0 Å². The van der Waals surface area contributed by atoms with E-state index in [0.29, 0.717) is 17.1 Å². The largest absolute Gasteiger partial charge is 0.504 e. The Morgan fingerprint density at radius 1 is 1.09 bits per heavy atom. The number of aliphatic hydroxyl groups excluding tert-OH is 1. The molecule has 1 aliphatic heterocycles. The van der Waals surface area contributed by atoms with Crippen LogP contribution in [0.15, 0.2) is 36.4 Å². The Balaban J connectivity index is 2.03. The molecule has 0 radical (unpaired) electrons. The fraction of sp³-hybridized carbons (Fsp3) is 0.188. The van der Waals surface area contributed by atoms with E-state index >= 15 is 0 Å². The predicted octanol–water partition coefficient (Wildman–Crippen LogP) is 1.78. The average Bonchev–Trinajstić information content (AvgIpc) is 2.53. The molecule has 2 atom stereocenters. The Kier molecular flexibility index (Phi) is 3.38. The van der Waals surface area contributed by atoms with Crippen molar-refractivity contribution in [3.63, 3.8) is 0 Å². The van der Waals surface area contributed by atoms with Gasteiger partial charge in [-0.3, -0.25) is 4.79 Å². The van der Waals surface area contributed by atoms with Gasteiger partial charge in [-0.15, -0.1) is 0 Å². The van der Waals surface area contributed by atoms with Crippen molar-refractivity contribution in [2.75, 3.05) is 7.11 Å². The summed E-state index contributed by atoms with van der Waals surface area (Å²) in [6.45, 7) is 0. The number of Topliss-reactive ketones (excluding diaryl/α,β-unsaturated/α-hetero) is 1. The summed E-state index contributed by atoms with van der Waals surface area (Å²) in [5.41, 5.74) is 0.650. The van der Waals surface area contributed by atoms with E-state index in [-0.39, 0.29) is 17.1 Å². The molecule has 2 aromatic rings. The van der Waals surface area contributed by atoms with Crippen LogP contribution < -0.4 is 9.47 Å². The second kappa shape index (κ2) is 5.23. The minimum absolute atomic E-state index is 0.271. The smallest absolute Gasteiger partial charge is 0.199 e. The molecule has 0 amide bonds. The van der Waals surface area contributed by atoms with Gasteiger partial charge in [-0.2, -0.15) is 0 Å². The Labute approximate surface area is 126 Å². The molecule has 3 N–H and O–H groups in total. The van der Waals surface area contributed by atoms with Crippen LogP contribution in [0.1, 0.15) is 22.0 Å². The minimum Gasteiger partial charge on any atom is -0.504 e. The van der Waals surface area contributed by atoms with E-state index in [9.17, 15) is 20.1 Å². The zero-order valence-corrected chi connectivity index (χ0v) is 11.7. The quantitative estimate of drug-likeness (QED) is 0.732. The van der Waals surface area contributed by atoms with Gasteiger partial charge in [0.25, 0.3) is 0 Å². The first-order valence-electron chi connectivity index (χ1n) is 6.60. The number of ketones is 1. The summed E-state index contributed by atoms with van der Waals surface area (Å²) in [4.78, 5) is 12.3. The SMILES string of the molecule is COc1ccc2c(c1)O[C@H](c1ccc(O)c(O)c1)[C@@H](O)C2=O. The fourth-order valence-corrected chi connectivity index (χ4v) is 2.40. The number of carbonyl (C=O) groups excluding carboxylic acids is 1. The van der Waals surface area contributed by atoms with Crippen molar-refractivity contribution >= 4 is 5.78 Å². The monoisotopic (exact) mass is 302 g/mol. The van der Waals surface area contributed by atoms with Crippen LogP contribution in [0.25, 0.3) is 0 Å². The van der Waals surface area contributed by atoms with Crippen LogP contribution in [0.3, 0.4) is 0 Å². The van der Waals surface area contributed by atoms with Crippen LogP contribution in [-0.2, 0) is 0 Å². The molecular weight excluding hydrogens is 288 g/mol. The number of aromatic hydroxyl groups is 2. The van der Waals surface area contributed by atoms with Crippen molar-refractivity contribution in [1.82, 2.24) is 0 Å². The highest BCUT2D eigenvalue weighted by atomic mass is 16.5. The highest BCUT2D eigenvalue weighted by Crippen LogP contribution is 2.39. The molecule has 114 valence electrons. The third kappa shape index (κ3) is 2.23. The topological polar surface area (TPSA) is 96.2 Å². The van der Waals surface area contributed by atoms with Gasteiger partial charge in [0.15, 0.2) is 29.5 Å². The lowest BCUT2D eigenvalue weighted by Gasteiger charge is -2.30. The number of methoxy groups -OCH3 is 1. The number of phenols is 2. The zero-order valence-electron chi connectivity index (χ0n) is 11.7. The van der Waals surface area contributed by atoms with Crippen LogP contribution in [0, 0.1) is 0 Å². The molecule has 6 heteroatoms. The third-order valence-electron chi connectivity index (χ3n) is 3.59. The van der Waals surface area contributed by atoms with E-state index in [1.54, 1.807) is 12.1 Å². The van der Waals surface area contributed by atoms with Gasteiger partial charge in [0.2, 0.25) is 0 Å². The summed E-state index contributed by atoms with van der Waals surface area (Å²) in [7, 11) is 1.50.